The maximum Gasteiger partial charge on any atom is 0.326 e. The van der Waals surface area contributed by atoms with Crippen LogP contribution in [0.25, 0.3) is 11.1 Å². The summed E-state index contributed by atoms with van der Waals surface area (Å²) in [5.74, 6) is 0.347. The first-order valence-corrected chi connectivity index (χ1v) is 12.2. The van der Waals surface area contributed by atoms with Crippen molar-refractivity contribution in [2.45, 2.75) is 63.2 Å². The van der Waals surface area contributed by atoms with Gasteiger partial charge in [-0.1, -0.05) is 69.2 Å². The number of halogens is 1. The number of carbonyl (C=O) groups is 1. The molecule has 178 valence electrons. The Kier molecular flexibility index (Phi) is 13.0. The Balaban J connectivity index is 1.44. The minimum absolute atomic E-state index is 0.375. The Morgan fingerprint density at radius 3 is 1.82 bits per heavy atom. The number of rotatable bonds is 16. The van der Waals surface area contributed by atoms with Crippen LogP contribution in [0.1, 0.15) is 63.4 Å². The first-order valence-electron chi connectivity index (χ1n) is 11.8. The molecule has 0 aliphatic rings. The average Bonchev–Trinajstić information content (AvgIpc) is 2.86. The van der Waals surface area contributed by atoms with E-state index in [4.69, 9.17) is 31.4 Å². The number of alkyl halides is 1. The van der Waals surface area contributed by atoms with Gasteiger partial charge in [-0.3, -0.25) is 4.79 Å². The number of esters is 1. The molecule has 0 amide bonds. The molecule has 0 bridgehead atoms. The minimum atomic E-state index is -0.948. The molecule has 2 aromatic carbocycles. The number of nitrogens with zero attached hydrogens (tertiary/aromatic N) is 1. The largest absolute Gasteiger partial charge is 0.494 e. The van der Waals surface area contributed by atoms with Crippen molar-refractivity contribution in [3.05, 3.63) is 54.1 Å². The summed E-state index contributed by atoms with van der Waals surface area (Å²) in [6.45, 7) is 0.717. The number of hydrogen-bond donors (Lipinski definition) is 1. The van der Waals surface area contributed by atoms with Gasteiger partial charge in [0.1, 0.15) is 5.75 Å². The molecule has 0 aromatic heterocycles. The fourth-order valence-corrected chi connectivity index (χ4v) is 3.51. The third kappa shape index (κ3) is 10.7. The first kappa shape index (κ1) is 26.7. The second kappa shape index (κ2) is 16.1. The van der Waals surface area contributed by atoms with Crippen LogP contribution in [-0.2, 0) is 9.53 Å². The number of aliphatic hydroxyl groups excluding tert-OH is 1. The highest BCUT2D eigenvalue weighted by molar-refractivity contribution is 6.30. The van der Waals surface area contributed by atoms with Crippen molar-refractivity contribution in [1.29, 1.82) is 5.26 Å². The molecule has 33 heavy (non-hydrogen) atoms. The van der Waals surface area contributed by atoms with Gasteiger partial charge in [0.2, 0.25) is 0 Å². The molecule has 0 radical (unpaired) electrons. The Morgan fingerprint density at radius 1 is 0.818 bits per heavy atom. The molecule has 6 heteroatoms. The topological polar surface area (TPSA) is 79.5 Å². The van der Waals surface area contributed by atoms with E-state index in [0.29, 0.717) is 12.2 Å². The number of carbonyl (C=O) groups excluding carboxylic acids is 1. The van der Waals surface area contributed by atoms with Crippen molar-refractivity contribution < 1.29 is 19.4 Å². The Labute approximate surface area is 202 Å². The van der Waals surface area contributed by atoms with Gasteiger partial charge >= 0.3 is 5.97 Å². The van der Waals surface area contributed by atoms with E-state index < -0.39 is 11.3 Å². The maximum absolute atomic E-state index is 11.3. The lowest BCUT2D eigenvalue weighted by Crippen LogP contribution is -2.21. The van der Waals surface area contributed by atoms with E-state index >= 15 is 0 Å². The van der Waals surface area contributed by atoms with E-state index in [0.717, 1.165) is 49.2 Å². The summed E-state index contributed by atoms with van der Waals surface area (Å²) in [5.41, 5.74) is 2.87. The number of ether oxygens (including phenoxy) is 2. The van der Waals surface area contributed by atoms with Crippen molar-refractivity contribution >= 4 is 17.6 Å². The first-order chi connectivity index (χ1) is 16.1. The maximum atomic E-state index is 11.3. The monoisotopic (exact) mass is 471 g/mol. The van der Waals surface area contributed by atoms with Gasteiger partial charge in [-0.25, -0.2) is 0 Å². The summed E-state index contributed by atoms with van der Waals surface area (Å²) in [7, 11) is 0. The molecule has 1 unspecified atom stereocenters. The lowest BCUT2D eigenvalue weighted by atomic mass is 10.0. The average molecular weight is 472 g/mol. The summed E-state index contributed by atoms with van der Waals surface area (Å²) in [5, 5.41) is 16.7. The van der Waals surface area contributed by atoms with Gasteiger partial charge in [0.15, 0.2) is 5.38 Å². The van der Waals surface area contributed by atoms with Crippen LogP contribution in [0.3, 0.4) is 0 Å². The molecule has 2 rings (SSSR count). The molecule has 0 spiro atoms. The predicted octanol–water partition coefficient (Wildman–Crippen LogP) is 6.26. The number of unbranched alkanes of at least 4 members (excludes halogenated alkanes) is 8. The fourth-order valence-electron chi connectivity index (χ4n) is 3.45. The summed E-state index contributed by atoms with van der Waals surface area (Å²) < 4.78 is 10.8. The second-order valence-corrected chi connectivity index (χ2v) is 8.59. The lowest BCUT2D eigenvalue weighted by molar-refractivity contribution is -0.144. The smallest absolute Gasteiger partial charge is 0.326 e. The van der Waals surface area contributed by atoms with E-state index in [1.54, 1.807) is 0 Å². The standard InChI is InChI=1S/C27H34ClNO4/c28-26(21-30)27(31)33-19-9-7-5-3-1-2-4-6-8-18-32-25-16-14-24(15-17-25)23-12-10-22(20-29)11-13-23/h10-17,26,30H,1-9,18-19,21H2. The second-order valence-electron chi connectivity index (χ2n) is 8.06. The lowest BCUT2D eigenvalue weighted by Gasteiger charge is -2.08. The quantitative estimate of drug-likeness (QED) is 0.177. The van der Waals surface area contributed by atoms with Crippen molar-refractivity contribution in [3.8, 4) is 22.9 Å². The molecule has 1 atom stereocenters. The Hall–Kier alpha value is -2.55. The number of benzene rings is 2. The molecule has 0 heterocycles. The number of aliphatic hydroxyl groups is 1. The summed E-state index contributed by atoms with van der Waals surface area (Å²) in [6, 6.07) is 17.8. The molecule has 5 nitrogen and oxygen atoms in total. The summed E-state index contributed by atoms with van der Waals surface area (Å²) in [6.07, 6.45) is 10.1. The molecular weight excluding hydrogens is 438 g/mol. The third-order valence-corrected chi connectivity index (χ3v) is 5.74. The molecular formula is C27H34ClNO4. The van der Waals surface area contributed by atoms with Gasteiger partial charge in [-0.2, -0.15) is 5.26 Å². The Morgan fingerprint density at radius 2 is 1.30 bits per heavy atom. The van der Waals surface area contributed by atoms with Gasteiger partial charge < -0.3 is 14.6 Å². The van der Waals surface area contributed by atoms with Gasteiger partial charge in [0.05, 0.1) is 31.5 Å². The van der Waals surface area contributed by atoms with Crippen molar-refractivity contribution in [2.75, 3.05) is 19.8 Å². The van der Waals surface area contributed by atoms with Crippen LogP contribution >= 0.6 is 11.6 Å². The van der Waals surface area contributed by atoms with Crippen LogP contribution in [0.4, 0.5) is 0 Å². The highest BCUT2D eigenvalue weighted by atomic mass is 35.5. The highest BCUT2D eigenvalue weighted by Crippen LogP contribution is 2.23. The zero-order valence-electron chi connectivity index (χ0n) is 19.2. The number of nitriles is 1. The normalized spacial score (nSPS) is 11.5. The van der Waals surface area contributed by atoms with Crippen LogP contribution in [-0.4, -0.2) is 36.3 Å². The van der Waals surface area contributed by atoms with Crippen molar-refractivity contribution in [1.82, 2.24) is 0 Å². The summed E-state index contributed by atoms with van der Waals surface area (Å²) in [4.78, 5) is 11.3. The van der Waals surface area contributed by atoms with Crippen LogP contribution in [0.5, 0.6) is 5.75 Å². The SMILES string of the molecule is N#Cc1ccc(-c2ccc(OCCCCCCCCCCCOC(=O)C(Cl)CO)cc2)cc1. The van der Waals surface area contributed by atoms with Crippen LogP contribution in [0.15, 0.2) is 48.5 Å². The van der Waals surface area contributed by atoms with Crippen molar-refractivity contribution in [2.24, 2.45) is 0 Å². The van der Waals surface area contributed by atoms with Crippen molar-refractivity contribution in [3.63, 3.8) is 0 Å². The van der Waals surface area contributed by atoms with Gasteiger partial charge in [-0.05, 0) is 48.2 Å². The van der Waals surface area contributed by atoms with E-state index in [-0.39, 0.29) is 6.61 Å². The molecule has 0 aliphatic carbocycles. The molecule has 2 aromatic rings. The van der Waals surface area contributed by atoms with Gasteiger partial charge in [0.25, 0.3) is 0 Å². The van der Waals surface area contributed by atoms with E-state index in [2.05, 4.69) is 6.07 Å². The van der Waals surface area contributed by atoms with Gasteiger partial charge in [0, 0.05) is 0 Å². The molecule has 0 saturated carbocycles. The minimum Gasteiger partial charge on any atom is -0.494 e. The molecule has 0 aliphatic heterocycles. The summed E-state index contributed by atoms with van der Waals surface area (Å²) >= 11 is 5.58. The zero-order valence-corrected chi connectivity index (χ0v) is 19.9. The van der Waals surface area contributed by atoms with Gasteiger partial charge in [-0.15, -0.1) is 11.6 Å². The van der Waals surface area contributed by atoms with Crippen LogP contribution < -0.4 is 4.74 Å². The zero-order chi connectivity index (χ0) is 23.7. The molecule has 0 saturated heterocycles. The number of hydrogen-bond acceptors (Lipinski definition) is 5. The van der Waals surface area contributed by atoms with Crippen LogP contribution in [0.2, 0.25) is 0 Å². The molecule has 0 fully saturated rings. The Bertz CT molecular complexity index is 846. The highest BCUT2D eigenvalue weighted by Gasteiger charge is 2.14. The van der Waals surface area contributed by atoms with Crippen LogP contribution in [0, 0.1) is 11.3 Å². The molecule has 1 N–H and O–H groups in total. The van der Waals surface area contributed by atoms with E-state index in [9.17, 15) is 4.79 Å². The van der Waals surface area contributed by atoms with E-state index in [1.165, 1.54) is 32.1 Å². The fraction of sp³-hybridized carbons (Fsp3) is 0.481. The third-order valence-electron chi connectivity index (χ3n) is 5.42. The predicted molar refractivity (Wildman–Crippen MR) is 131 cm³/mol. The van der Waals surface area contributed by atoms with E-state index in [1.807, 2.05) is 48.5 Å².